The first-order valence-corrected chi connectivity index (χ1v) is 6.63. The molecule has 0 heterocycles. The minimum atomic E-state index is 0.194. The molecule has 0 aromatic carbocycles. The first-order chi connectivity index (χ1) is 7.63. The third-order valence-corrected chi connectivity index (χ3v) is 3.87. The third kappa shape index (κ3) is 4.52. The highest BCUT2D eigenvalue weighted by Gasteiger charge is 2.17. The normalized spacial score (nSPS) is 20.7. The van der Waals surface area contributed by atoms with Gasteiger partial charge in [0.15, 0.2) is 0 Å². The van der Waals surface area contributed by atoms with Gasteiger partial charge in [-0.25, -0.2) is 0 Å². The molecule has 1 fully saturated rings. The van der Waals surface area contributed by atoms with Gasteiger partial charge in [-0.15, -0.1) is 0 Å². The number of hydrogen-bond acceptors (Lipinski definition) is 2. The molecular weight excluding hydrogens is 200 g/mol. The summed E-state index contributed by atoms with van der Waals surface area (Å²) in [5.74, 6) is 1.35. The lowest BCUT2D eigenvalue weighted by atomic mass is 10.0. The zero-order chi connectivity index (χ0) is 12.0. The first kappa shape index (κ1) is 13.5. The number of amides is 1. The maximum atomic E-state index is 11.7. The van der Waals surface area contributed by atoms with E-state index in [0.29, 0.717) is 18.9 Å². The highest BCUT2D eigenvalue weighted by Crippen LogP contribution is 2.28. The van der Waals surface area contributed by atoms with Crippen LogP contribution in [0.1, 0.15) is 52.4 Å². The Hall–Kier alpha value is -0.570. The van der Waals surface area contributed by atoms with Gasteiger partial charge in [0.05, 0.1) is 0 Å². The number of carbonyl (C=O) groups excluding carboxylic acids is 1. The second-order valence-corrected chi connectivity index (χ2v) is 5.26. The van der Waals surface area contributed by atoms with Crippen LogP contribution < -0.4 is 11.1 Å². The van der Waals surface area contributed by atoms with Crippen molar-refractivity contribution in [1.82, 2.24) is 5.32 Å². The lowest BCUT2D eigenvalue weighted by Gasteiger charge is -2.20. The van der Waals surface area contributed by atoms with Crippen LogP contribution in [0, 0.1) is 11.8 Å². The molecule has 0 radical (unpaired) electrons. The average molecular weight is 226 g/mol. The van der Waals surface area contributed by atoms with Crippen LogP contribution in [0.5, 0.6) is 0 Å². The Morgan fingerprint density at radius 3 is 2.56 bits per heavy atom. The molecule has 1 rings (SSSR count). The minimum absolute atomic E-state index is 0.194. The standard InChI is InChI=1S/C13H26N2O/c1-10(9-14)11(2)15-13(16)8-7-12-5-3-4-6-12/h10-12H,3-9,14H2,1-2H3,(H,15,16). The molecule has 0 aromatic heterocycles. The Morgan fingerprint density at radius 1 is 1.38 bits per heavy atom. The molecule has 0 spiro atoms. The van der Waals surface area contributed by atoms with Crippen LogP contribution in [0.3, 0.4) is 0 Å². The zero-order valence-electron chi connectivity index (χ0n) is 10.7. The fourth-order valence-electron chi connectivity index (χ4n) is 2.31. The molecule has 94 valence electrons. The van der Waals surface area contributed by atoms with E-state index in [4.69, 9.17) is 5.73 Å². The summed E-state index contributed by atoms with van der Waals surface area (Å²) >= 11 is 0. The number of hydrogen-bond donors (Lipinski definition) is 2. The summed E-state index contributed by atoms with van der Waals surface area (Å²) in [6, 6.07) is 0.195. The summed E-state index contributed by atoms with van der Waals surface area (Å²) in [4.78, 5) is 11.7. The Bertz CT molecular complexity index is 212. The fourth-order valence-corrected chi connectivity index (χ4v) is 2.31. The molecule has 1 saturated carbocycles. The third-order valence-electron chi connectivity index (χ3n) is 3.87. The number of nitrogens with one attached hydrogen (secondary N) is 1. The monoisotopic (exact) mass is 226 g/mol. The molecule has 16 heavy (non-hydrogen) atoms. The van der Waals surface area contributed by atoms with Crippen LogP contribution >= 0.6 is 0 Å². The molecule has 0 saturated heterocycles. The van der Waals surface area contributed by atoms with Crippen molar-refractivity contribution in [2.75, 3.05) is 6.54 Å². The topological polar surface area (TPSA) is 55.1 Å². The lowest BCUT2D eigenvalue weighted by Crippen LogP contribution is -2.39. The Morgan fingerprint density at radius 2 is 2.00 bits per heavy atom. The van der Waals surface area contributed by atoms with E-state index < -0.39 is 0 Å². The predicted octanol–water partition coefficient (Wildman–Crippen LogP) is 2.06. The second-order valence-electron chi connectivity index (χ2n) is 5.26. The summed E-state index contributed by atoms with van der Waals surface area (Å²) in [6.07, 6.45) is 7.10. The van der Waals surface area contributed by atoms with Gasteiger partial charge in [0.1, 0.15) is 0 Å². The summed E-state index contributed by atoms with van der Waals surface area (Å²) < 4.78 is 0. The van der Waals surface area contributed by atoms with Crippen LogP contribution in [0.25, 0.3) is 0 Å². The maximum absolute atomic E-state index is 11.7. The molecule has 0 aromatic rings. The average Bonchev–Trinajstić information content (AvgIpc) is 2.78. The van der Waals surface area contributed by atoms with Crippen molar-refractivity contribution in [3.05, 3.63) is 0 Å². The SMILES string of the molecule is CC(CN)C(C)NC(=O)CCC1CCCC1. The molecule has 2 unspecified atom stereocenters. The summed E-state index contributed by atoms with van der Waals surface area (Å²) in [5.41, 5.74) is 5.57. The van der Waals surface area contributed by atoms with E-state index in [1.165, 1.54) is 25.7 Å². The van der Waals surface area contributed by atoms with Gasteiger partial charge in [0.25, 0.3) is 0 Å². The Kier molecular flexibility index (Phi) is 5.81. The van der Waals surface area contributed by atoms with E-state index in [-0.39, 0.29) is 11.9 Å². The van der Waals surface area contributed by atoms with Gasteiger partial charge in [0.2, 0.25) is 5.91 Å². The van der Waals surface area contributed by atoms with Crippen molar-refractivity contribution in [1.29, 1.82) is 0 Å². The van der Waals surface area contributed by atoms with Gasteiger partial charge in [-0.2, -0.15) is 0 Å². The van der Waals surface area contributed by atoms with Crippen molar-refractivity contribution in [2.24, 2.45) is 17.6 Å². The smallest absolute Gasteiger partial charge is 0.220 e. The van der Waals surface area contributed by atoms with Crippen LogP contribution in [-0.4, -0.2) is 18.5 Å². The molecule has 3 nitrogen and oxygen atoms in total. The number of carbonyl (C=O) groups is 1. The quantitative estimate of drug-likeness (QED) is 0.728. The Balaban J connectivity index is 2.14. The van der Waals surface area contributed by atoms with E-state index in [0.717, 1.165) is 12.3 Å². The van der Waals surface area contributed by atoms with Gasteiger partial charge >= 0.3 is 0 Å². The van der Waals surface area contributed by atoms with Gasteiger partial charge in [-0.3, -0.25) is 4.79 Å². The van der Waals surface area contributed by atoms with E-state index >= 15 is 0 Å². The van der Waals surface area contributed by atoms with Crippen LogP contribution in [0.2, 0.25) is 0 Å². The molecule has 1 aliphatic carbocycles. The van der Waals surface area contributed by atoms with Gasteiger partial charge in [0, 0.05) is 12.5 Å². The molecule has 2 atom stereocenters. The fraction of sp³-hybridized carbons (Fsp3) is 0.923. The van der Waals surface area contributed by atoms with Crippen molar-refractivity contribution in [3.8, 4) is 0 Å². The van der Waals surface area contributed by atoms with E-state index in [9.17, 15) is 4.79 Å². The van der Waals surface area contributed by atoms with Gasteiger partial charge < -0.3 is 11.1 Å². The Labute approximate surface area is 99.2 Å². The summed E-state index contributed by atoms with van der Waals surface area (Å²) in [5, 5.41) is 3.04. The molecule has 0 aliphatic heterocycles. The highest BCUT2D eigenvalue weighted by molar-refractivity contribution is 5.76. The van der Waals surface area contributed by atoms with Crippen LogP contribution in [0.4, 0.5) is 0 Å². The maximum Gasteiger partial charge on any atom is 0.220 e. The second kappa shape index (κ2) is 6.89. The van der Waals surface area contributed by atoms with E-state index in [1.54, 1.807) is 0 Å². The zero-order valence-corrected chi connectivity index (χ0v) is 10.7. The molecular formula is C13H26N2O. The minimum Gasteiger partial charge on any atom is -0.353 e. The van der Waals surface area contributed by atoms with E-state index in [1.807, 2.05) is 6.92 Å². The van der Waals surface area contributed by atoms with Crippen molar-refractivity contribution in [2.45, 2.75) is 58.4 Å². The van der Waals surface area contributed by atoms with Crippen molar-refractivity contribution < 1.29 is 4.79 Å². The number of rotatable bonds is 6. The molecule has 3 heteroatoms. The van der Waals surface area contributed by atoms with Crippen molar-refractivity contribution in [3.63, 3.8) is 0 Å². The predicted molar refractivity (Wildman–Crippen MR) is 67.0 cm³/mol. The van der Waals surface area contributed by atoms with Crippen molar-refractivity contribution >= 4 is 5.91 Å². The summed E-state index contributed by atoms with van der Waals surface area (Å²) in [7, 11) is 0. The molecule has 3 N–H and O–H groups in total. The van der Waals surface area contributed by atoms with Gasteiger partial charge in [-0.05, 0) is 31.7 Å². The van der Waals surface area contributed by atoms with Crippen LogP contribution in [0.15, 0.2) is 0 Å². The largest absolute Gasteiger partial charge is 0.353 e. The molecule has 1 amide bonds. The number of nitrogens with two attached hydrogens (primary N) is 1. The molecule has 1 aliphatic rings. The van der Waals surface area contributed by atoms with Gasteiger partial charge in [-0.1, -0.05) is 32.6 Å². The lowest BCUT2D eigenvalue weighted by molar-refractivity contribution is -0.122. The first-order valence-electron chi connectivity index (χ1n) is 6.63. The highest BCUT2D eigenvalue weighted by atomic mass is 16.1. The van der Waals surface area contributed by atoms with Crippen LogP contribution in [-0.2, 0) is 4.79 Å². The van der Waals surface area contributed by atoms with E-state index in [2.05, 4.69) is 12.2 Å². The summed E-state index contributed by atoms with van der Waals surface area (Å²) in [6.45, 7) is 4.73. The molecule has 0 bridgehead atoms.